The Kier molecular flexibility index (Phi) is 5.92. The lowest BCUT2D eigenvalue weighted by Gasteiger charge is -2.32. The van der Waals surface area contributed by atoms with Gasteiger partial charge in [0.2, 0.25) is 0 Å². The Morgan fingerprint density at radius 1 is 1.11 bits per heavy atom. The normalized spacial score (nSPS) is 14.6. The van der Waals surface area contributed by atoms with E-state index in [-0.39, 0.29) is 17.9 Å². The van der Waals surface area contributed by atoms with Gasteiger partial charge in [-0.15, -0.1) is 0 Å². The number of carbonyl (C=O) groups excluding carboxylic acids is 2. The van der Waals surface area contributed by atoms with E-state index in [2.05, 4.69) is 5.32 Å². The van der Waals surface area contributed by atoms with Gasteiger partial charge in [-0.3, -0.25) is 9.59 Å². The van der Waals surface area contributed by atoms with Crippen LogP contribution < -0.4 is 14.8 Å². The second-order valence-corrected chi connectivity index (χ2v) is 6.98. The number of ether oxygens (including phenoxy) is 2. The maximum Gasteiger partial charge on any atom is 0.287 e. The number of hydrogen-bond acceptors (Lipinski definition) is 5. The third kappa shape index (κ3) is 3.98. The molecule has 1 aliphatic rings. The first-order valence-electron chi connectivity index (χ1n) is 9.31. The van der Waals surface area contributed by atoms with Crippen LogP contribution in [0.1, 0.15) is 44.9 Å². The molecular formula is C21H26N2O5. The Morgan fingerprint density at radius 3 is 2.21 bits per heavy atom. The second kappa shape index (κ2) is 8.37. The predicted octanol–water partition coefficient (Wildman–Crippen LogP) is 2.95. The molecule has 0 spiro atoms. The number of rotatable bonds is 5. The first-order valence-corrected chi connectivity index (χ1v) is 9.31. The molecule has 150 valence electrons. The lowest BCUT2D eigenvalue weighted by Crippen LogP contribution is -2.46. The predicted molar refractivity (Wildman–Crippen MR) is 104 cm³/mol. The summed E-state index contributed by atoms with van der Waals surface area (Å²) in [5, 5.41) is 2.99. The van der Waals surface area contributed by atoms with Gasteiger partial charge in [0.1, 0.15) is 11.5 Å². The topological polar surface area (TPSA) is 81.0 Å². The van der Waals surface area contributed by atoms with Crippen LogP contribution in [-0.4, -0.2) is 50.1 Å². The van der Waals surface area contributed by atoms with Gasteiger partial charge in [0, 0.05) is 35.8 Å². The number of methoxy groups -OCH3 is 2. The van der Waals surface area contributed by atoms with Gasteiger partial charge in [0.25, 0.3) is 11.8 Å². The maximum absolute atomic E-state index is 12.9. The minimum absolute atomic E-state index is 0.0168. The molecule has 0 saturated carbocycles. The van der Waals surface area contributed by atoms with Gasteiger partial charge >= 0.3 is 0 Å². The van der Waals surface area contributed by atoms with Crippen molar-refractivity contribution < 1.29 is 23.5 Å². The molecule has 2 aromatic rings. The Hall–Kier alpha value is -2.96. The van der Waals surface area contributed by atoms with Crippen molar-refractivity contribution in [1.82, 2.24) is 10.2 Å². The molecule has 0 unspecified atom stereocenters. The van der Waals surface area contributed by atoms with Gasteiger partial charge in [-0.1, -0.05) is 0 Å². The molecule has 0 aliphatic carbocycles. The molecule has 7 heteroatoms. The van der Waals surface area contributed by atoms with Crippen molar-refractivity contribution >= 4 is 11.8 Å². The van der Waals surface area contributed by atoms with E-state index in [9.17, 15) is 9.59 Å². The smallest absolute Gasteiger partial charge is 0.287 e. The highest BCUT2D eigenvalue weighted by molar-refractivity contribution is 5.95. The van der Waals surface area contributed by atoms with E-state index >= 15 is 0 Å². The highest BCUT2D eigenvalue weighted by Crippen LogP contribution is 2.30. The molecule has 0 radical (unpaired) electrons. The number of benzene rings is 1. The number of likely N-dealkylation sites (tertiary alicyclic amines) is 1. The van der Waals surface area contributed by atoms with Crippen LogP contribution in [0.5, 0.6) is 11.5 Å². The molecule has 1 fully saturated rings. The molecule has 2 amide bonds. The summed E-state index contributed by atoms with van der Waals surface area (Å²) in [6.45, 7) is 4.86. The average molecular weight is 386 g/mol. The Morgan fingerprint density at radius 2 is 1.71 bits per heavy atom. The van der Waals surface area contributed by atoms with Gasteiger partial charge in [-0.2, -0.15) is 0 Å². The van der Waals surface area contributed by atoms with Crippen LogP contribution >= 0.6 is 0 Å². The number of nitrogens with one attached hydrogen (secondary N) is 1. The minimum atomic E-state index is -0.208. The first kappa shape index (κ1) is 19.8. The lowest BCUT2D eigenvalue weighted by molar-refractivity contribution is 0.0695. The third-order valence-corrected chi connectivity index (χ3v) is 5.18. The summed E-state index contributed by atoms with van der Waals surface area (Å²) >= 11 is 0. The van der Waals surface area contributed by atoms with Crippen molar-refractivity contribution in [3.8, 4) is 11.5 Å². The molecule has 0 atom stereocenters. The van der Waals surface area contributed by atoms with Gasteiger partial charge in [-0.25, -0.2) is 0 Å². The molecule has 28 heavy (non-hydrogen) atoms. The molecule has 0 bridgehead atoms. The molecule has 2 heterocycles. The molecule has 1 aromatic carbocycles. The summed E-state index contributed by atoms with van der Waals surface area (Å²) in [4.78, 5) is 27.0. The lowest BCUT2D eigenvalue weighted by atomic mass is 10.0. The standard InChI is InChI=1S/C21H26N2O5/c1-13-7-10-28-19(13)20(24)22-16-5-8-23(9-6-16)21(25)15-11-17(26-3)14(2)18(12-15)27-4/h7,10-12,16H,5-6,8-9H2,1-4H3,(H,22,24). The maximum atomic E-state index is 12.9. The molecule has 1 aromatic heterocycles. The molecule has 1 N–H and O–H groups in total. The van der Waals surface area contributed by atoms with Crippen molar-refractivity contribution in [2.24, 2.45) is 0 Å². The van der Waals surface area contributed by atoms with Crippen LogP contribution in [0, 0.1) is 13.8 Å². The molecule has 3 rings (SSSR count). The van der Waals surface area contributed by atoms with Crippen LogP contribution in [0.15, 0.2) is 28.9 Å². The molecule has 1 aliphatic heterocycles. The summed E-state index contributed by atoms with van der Waals surface area (Å²) in [6, 6.07) is 5.27. The van der Waals surface area contributed by atoms with Gasteiger partial charge in [0.15, 0.2) is 5.76 Å². The van der Waals surface area contributed by atoms with Crippen molar-refractivity contribution in [3.05, 3.63) is 46.9 Å². The van der Waals surface area contributed by atoms with Crippen molar-refractivity contribution in [2.75, 3.05) is 27.3 Å². The van der Waals surface area contributed by atoms with Crippen LogP contribution in [0.2, 0.25) is 0 Å². The highest BCUT2D eigenvalue weighted by Gasteiger charge is 2.27. The summed E-state index contributed by atoms with van der Waals surface area (Å²) in [6.07, 6.45) is 2.89. The number of aryl methyl sites for hydroxylation is 1. The zero-order chi connectivity index (χ0) is 20.3. The van der Waals surface area contributed by atoms with Crippen LogP contribution in [0.25, 0.3) is 0 Å². The summed E-state index contributed by atoms with van der Waals surface area (Å²) in [5.74, 6) is 1.32. The SMILES string of the molecule is COc1cc(C(=O)N2CCC(NC(=O)c3occc3C)CC2)cc(OC)c1C. The quantitative estimate of drug-likeness (QED) is 0.854. The Bertz CT molecular complexity index is 840. The van der Waals surface area contributed by atoms with Crippen LogP contribution in [0.3, 0.4) is 0 Å². The Labute approximate surface area is 164 Å². The number of amides is 2. The third-order valence-electron chi connectivity index (χ3n) is 5.18. The van der Waals surface area contributed by atoms with Crippen molar-refractivity contribution in [1.29, 1.82) is 0 Å². The van der Waals surface area contributed by atoms with E-state index in [1.165, 1.54) is 6.26 Å². The number of nitrogens with zero attached hydrogens (tertiary/aromatic N) is 1. The minimum Gasteiger partial charge on any atom is -0.496 e. The molecule has 7 nitrogen and oxygen atoms in total. The van der Waals surface area contributed by atoms with E-state index in [4.69, 9.17) is 13.9 Å². The number of hydrogen-bond donors (Lipinski definition) is 1. The fraction of sp³-hybridized carbons (Fsp3) is 0.429. The van der Waals surface area contributed by atoms with Gasteiger partial charge < -0.3 is 24.1 Å². The fourth-order valence-corrected chi connectivity index (χ4v) is 3.48. The van der Waals surface area contributed by atoms with E-state index in [0.717, 1.165) is 11.1 Å². The first-order chi connectivity index (χ1) is 13.4. The van der Waals surface area contributed by atoms with E-state index in [0.29, 0.717) is 48.8 Å². The zero-order valence-electron chi connectivity index (χ0n) is 16.7. The monoisotopic (exact) mass is 386 g/mol. The van der Waals surface area contributed by atoms with Gasteiger partial charge in [0.05, 0.1) is 20.5 Å². The summed E-state index contributed by atoms with van der Waals surface area (Å²) in [5.41, 5.74) is 2.21. The number of piperidine rings is 1. The van der Waals surface area contributed by atoms with Gasteiger partial charge in [-0.05, 0) is 44.9 Å². The summed E-state index contributed by atoms with van der Waals surface area (Å²) in [7, 11) is 3.15. The van der Waals surface area contributed by atoms with E-state index < -0.39 is 0 Å². The van der Waals surface area contributed by atoms with Crippen molar-refractivity contribution in [2.45, 2.75) is 32.7 Å². The van der Waals surface area contributed by atoms with Crippen LogP contribution in [-0.2, 0) is 0 Å². The number of carbonyl (C=O) groups is 2. The van der Waals surface area contributed by atoms with Crippen molar-refractivity contribution in [3.63, 3.8) is 0 Å². The van der Waals surface area contributed by atoms with E-state index in [1.807, 2.05) is 13.8 Å². The molecular weight excluding hydrogens is 360 g/mol. The second-order valence-electron chi connectivity index (χ2n) is 6.98. The Balaban J connectivity index is 1.62. The fourth-order valence-electron chi connectivity index (χ4n) is 3.48. The zero-order valence-corrected chi connectivity index (χ0v) is 16.7. The molecule has 1 saturated heterocycles. The average Bonchev–Trinajstić information content (AvgIpc) is 3.14. The highest BCUT2D eigenvalue weighted by atomic mass is 16.5. The number of furan rings is 1. The van der Waals surface area contributed by atoms with Crippen LogP contribution in [0.4, 0.5) is 0 Å². The summed E-state index contributed by atoms with van der Waals surface area (Å²) < 4.78 is 16.0. The van der Waals surface area contributed by atoms with E-state index in [1.54, 1.807) is 37.3 Å². The largest absolute Gasteiger partial charge is 0.496 e.